The number of aliphatic imine (C=N–C) groups is 1. The number of hydrogen-bond acceptors (Lipinski definition) is 3. The molecule has 3 atom stereocenters. The minimum absolute atomic E-state index is 0.253. The number of benzene rings is 1. The van der Waals surface area contributed by atoms with E-state index in [1.165, 1.54) is 12.0 Å². The standard InChI is InChI=1S/C23H37N5O/c1-18-9-7-8-14-28(18)22(29)12-13-25-23(24-3)26-21-15-19(2)27(17-21)16-20-10-5-4-6-11-20/h4-6,10-11,18-19,21H,7-9,12-17H2,1-3H3,(H2,24,25,26). The summed E-state index contributed by atoms with van der Waals surface area (Å²) >= 11 is 0. The van der Waals surface area contributed by atoms with Crippen molar-refractivity contribution in [3.8, 4) is 0 Å². The molecule has 160 valence electrons. The average Bonchev–Trinajstić information content (AvgIpc) is 3.07. The zero-order valence-corrected chi connectivity index (χ0v) is 18.2. The zero-order valence-electron chi connectivity index (χ0n) is 18.2. The highest BCUT2D eigenvalue weighted by Crippen LogP contribution is 2.20. The van der Waals surface area contributed by atoms with Gasteiger partial charge in [-0.05, 0) is 45.1 Å². The van der Waals surface area contributed by atoms with Gasteiger partial charge in [-0.25, -0.2) is 0 Å². The van der Waals surface area contributed by atoms with Crippen LogP contribution in [0.1, 0.15) is 51.5 Å². The first-order chi connectivity index (χ1) is 14.1. The van der Waals surface area contributed by atoms with E-state index in [4.69, 9.17) is 0 Å². The molecule has 0 aromatic heterocycles. The van der Waals surface area contributed by atoms with E-state index >= 15 is 0 Å². The van der Waals surface area contributed by atoms with Crippen molar-refractivity contribution in [2.75, 3.05) is 26.7 Å². The lowest BCUT2D eigenvalue weighted by Gasteiger charge is -2.33. The van der Waals surface area contributed by atoms with Crippen molar-refractivity contribution in [3.05, 3.63) is 35.9 Å². The maximum atomic E-state index is 12.5. The van der Waals surface area contributed by atoms with E-state index in [2.05, 4.69) is 64.7 Å². The second kappa shape index (κ2) is 10.6. The van der Waals surface area contributed by atoms with E-state index in [1.807, 2.05) is 4.90 Å². The third kappa shape index (κ3) is 6.20. The van der Waals surface area contributed by atoms with E-state index in [-0.39, 0.29) is 5.91 Å². The first-order valence-corrected chi connectivity index (χ1v) is 11.1. The third-order valence-electron chi connectivity index (χ3n) is 6.25. The largest absolute Gasteiger partial charge is 0.356 e. The molecule has 29 heavy (non-hydrogen) atoms. The first kappa shape index (κ1) is 21.6. The van der Waals surface area contributed by atoms with E-state index in [1.54, 1.807) is 7.05 Å². The number of piperidine rings is 1. The fourth-order valence-electron chi connectivity index (χ4n) is 4.53. The van der Waals surface area contributed by atoms with Crippen molar-refractivity contribution in [2.24, 2.45) is 4.99 Å². The summed E-state index contributed by atoms with van der Waals surface area (Å²) in [7, 11) is 1.80. The first-order valence-electron chi connectivity index (χ1n) is 11.1. The molecular weight excluding hydrogens is 362 g/mol. The number of nitrogens with zero attached hydrogens (tertiary/aromatic N) is 3. The minimum Gasteiger partial charge on any atom is -0.356 e. The number of carbonyl (C=O) groups is 1. The molecule has 2 heterocycles. The van der Waals surface area contributed by atoms with Crippen molar-refractivity contribution in [3.63, 3.8) is 0 Å². The molecular formula is C23H37N5O. The normalized spacial score (nSPS) is 25.8. The Morgan fingerprint density at radius 2 is 1.97 bits per heavy atom. The molecule has 0 spiro atoms. The molecule has 2 saturated heterocycles. The number of likely N-dealkylation sites (tertiary alicyclic amines) is 2. The van der Waals surface area contributed by atoms with Crippen LogP contribution in [0, 0.1) is 0 Å². The number of hydrogen-bond donors (Lipinski definition) is 2. The van der Waals surface area contributed by atoms with Gasteiger partial charge in [0.05, 0.1) is 0 Å². The summed E-state index contributed by atoms with van der Waals surface area (Å²) in [5.41, 5.74) is 1.35. The van der Waals surface area contributed by atoms with Crippen molar-refractivity contribution in [1.82, 2.24) is 20.4 Å². The lowest BCUT2D eigenvalue weighted by Crippen LogP contribution is -2.46. The summed E-state index contributed by atoms with van der Waals surface area (Å²) in [6.07, 6.45) is 5.11. The molecule has 2 aliphatic heterocycles. The van der Waals surface area contributed by atoms with Gasteiger partial charge in [0.1, 0.15) is 0 Å². The fourth-order valence-corrected chi connectivity index (χ4v) is 4.53. The molecule has 6 nitrogen and oxygen atoms in total. The Bertz CT molecular complexity index is 677. The predicted octanol–water partition coefficient (Wildman–Crippen LogP) is 2.61. The lowest BCUT2D eigenvalue weighted by molar-refractivity contribution is -0.134. The summed E-state index contributed by atoms with van der Waals surface area (Å²) in [5, 5.41) is 6.88. The van der Waals surface area contributed by atoms with Gasteiger partial charge in [0.15, 0.2) is 5.96 Å². The van der Waals surface area contributed by atoms with Crippen LogP contribution >= 0.6 is 0 Å². The fraction of sp³-hybridized carbons (Fsp3) is 0.652. The molecule has 3 rings (SSSR count). The minimum atomic E-state index is 0.253. The number of rotatable bonds is 6. The Morgan fingerprint density at radius 1 is 1.17 bits per heavy atom. The van der Waals surface area contributed by atoms with Crippen LogP contribution < -0.4 is 10.6 Å². The Labute approximate surface area is 175 Å². The van der Waals surface area contributed by atoms with Crippen molar-refractivity contribution >= 4 is 11.9 Å². The van der Waals surface area contributed by atoms with Gasteiger partial charge in [0.2, 0.25) is 5.91 Å². The summed E-state index contributed by atoms with van der Waals surface area (Å²) in [5.74, 6) is 1.05. The van der Waals surface area contributed by atoms with Crippen molar-refractivity contribution < 1.29 is 4.79 Å². The SMILES string of the molecule is CN=C(NCCC(=O)N1CCCCC1C)NC1CC(C)N(Cc2ccccc2)C1. The monoisotopic (exact) mass is 399 g/mol. The molecule has 1 aromatic rings. The topological polar surface area (TPSA) is 60.0 Å². The molecule has 1 amide bonds. The van der Waals surface area contributed by atoms with Gasteiger partial charge in [-0.1, -0.05) is 30.3 Å². The smallest absolute Gasteiger partial charge is 0.224 e. The van der Waals surface area contributed by atoms with Gasteiger partial charge in [-0.15, -0.1) is 0 Å². The van der Waals surface area contributed by atoms with E-state index in [0.29, 0.717) is 31.1 Å². The Hall–Kier alpha value is -2.08. The van der Waals surface area contributed by atoms with E-state index in [0.717, 1.165) is 44.9 Å². The van der Waals surface area contributed by atoms with Gasteiger partial charge >= 0.3 is 0 Å². The molecule has 2 aliphatic rings. The summed E-state index contributed by atoms with van der Waals surface area (Å²) < 4.78 is 0. The molecule has 6 heteroatoms. The maximum Gasteiger partial charge on any atom is 0.224 e. The van der Waals surface area contributed by atoms with Crippen LogP contribution in [0.25, 0.3) is 0 Å². The number of carbonyl (C=O) groups excluding carboxylic acids is 1. The molecule has 0 radical (unpaired) electrons. The second-order valence-electron chi connectivity index (χ2n) is 8.52. The van der Waals surface area contributed by atoms with Crippen LogP contribution in [0.3, 0.4) is 0 Å². The lowest BCUT2D eigenvalue weighted by atomic mass is 10.0. The Morgan fingerprint density at radius 3 is 2.69 bits per heavy atom. The van der Waals surface area contributed by atoms with Gasteiger partial charge in [-0.3, -0.25) is 14.7 Å². The van der Waals surface area contributed by atoms with Gasteiger partial charge in [0, 0.05) is 57.8 Å². The highest BCUT2D eigenvalue weighted by Gasteiger charge is 2.29. The molecule has 0 saturated carbocycles. The molecule has 2 N–H and O–H groups in total. The van der Waals surface area contributed by atoms with Crippen molar-refractivity contribution in [2.45, 2.75) is 70.6 Å². The third-order valence-corrected chi connectivity index (χ3v) is 6.25. The summed E-state index contributed by atoms with van der Waals surface area (Å²) in [6.45, 7) is 7.96. The van der Waals surface area contributed by atoms with Crippen LogP contribution in [-0.4, -0.2) is 66.5 Å². The van der Waals surface area contributed by atoms with Gasteiger partial charge < -0.3 is 15.5 Å². The highest BCUT2D eigenvalue weighted by atomic mass is 16.2. The van der Waals surface area contributed by atoms with Crippen LogP contribution in [0.5, 0.6) is 0 Å². The molecule has 1 aromatic carbocycles. The van der Waals surface area contributed by atoms with Crippen LogP contribution in [0.15, 0.2) is 35.3 Å². The number of nitrogens with one attached hydrogen (secondary N) is 2. The van der Waals surface area contributed by atoms with Gasteiger partial charge in [0.25, 0.3) is 0 Å². The molecule has 2 fully saturated rings. The van der Waals surface area contributed by atoms with Crippen molar-refractivity contribution in [1.29, 1.82) is 0 Å². The van der Waals surface area contributed by atoms with Crippen LogP contribution in [0.4, 0.5) is 0 Å². The highest BCUT2D eigenvalue weighted by molar-refractivity contribution is 5.81. The van der Waals surface area contributed by atoms with Crippen LogP contribution in [-0.2, 0) is 11.3 Å². The number of amides is 1. The summed E-state index contributed by atoms with van der Waals surface area (Å²) in [6, 6.07) is 11.9. The zero-order chi connectivity index (χ0) is 20.6. The molecule has 0 aliphatic carbocycles. The van der Waals surface area contributed by atoms with Gasteiger partial charge in [-0.2, -0.15) is 0 Å². The summed E-state index contributed by atoms with van der Waals surface area (Å²) in [4.78, 5) is 21.4. The predicted molar refractivity (Wildman–Crippen MR) is 119 cm³/mol. The second-order valence-corrected chi connectivity index (χ2v) is 8.52. The maximum absolute atomic E-state index is 12.5. The average molecular weight is 400 g/mol. The number of guanidine groups is 1. The van der Waals surface area contributed by atoms with E-state index in [9.17, 15) is 4.79 Å². The quantitative estimate of drug-likeness (QED) is 0.570. The molecule has 3 unspecified atom stereocenters. The van der Waals surface area contributed by atoms with Crippen LogP contribution in [0.2, 0.25) is 0 Å². The van der Waals surface area contributed by atoms with E-state index < -0.39 is 0 Å². The molecule has 0 bridgehead atoms. The Balaban J connectivity index is 1.41. The Kier molecular flexibility index (Phi) is 7.92.